The maximum atomic E-state index is 10.1. The van der Waals surface area contributed by atoms with Crippen LogP contribution in [-0.2, 0) is 14.6 Å². The summed E-state index contributed by atoms with van der Waals surface area (Å²) in [5.41, 5.74) is -1.28. The topological polar surface area (TPSA) is 93.0 Å². The summed E-state index contributed by atoms with van der Waals surface area (Å²) in [5, 5.41) is 2.44. The molecule has 0 spiro atoms. The van der Waals surface area contributed by atoms with E-state index in [2.05, 4.69) is 9.36 Å². The van der Waals surface area contributed by atoms with E-state index in [1.54, 1.807) is 0 Å². The summed E-state index contributed by atoms with van der Waals surface area (Å²) >= 11 is 0. The highest BCUT2D eigenvalue weighted by Crippen LogP contribution is 2.11. The van der Waals surface area contributed by atoms with Gasteiger partial charge < -0.3 is 0 Å². The van der Waals surface area contributed by atoms with Crippen LogP contribution >= 0.6 is 0 Å². The predicted octanol–water partition coefficient (Wildman–Crippen LogP) is 0.351. The molecule has 0 aromatic heterocycles. The van der Waals surface area contributed by atoms with Crippen LogP contribution in [0.5, 0.6) is 0 Å². The Kier molecular flexibility index (Phi) is 3.09. The van der Waals surface area contributed by atoms with Gasteiger partial charge in [-0.25, -0.2) is 4.18 Å². The van der Waals surface area contributed by atoms with Crippen LogP contribution in [0.25, 0.3) is 0 Å². The SMILES string of the molecule is CC(C)(CN=O)OS(=O)(=O)O. The summed E-state index contributed by atoms with van der Waals surface area (Å²) in [6.07, 6.45) is 0. The molecule has 0 heterocycles. The van der Waals surface area contributed by atoms with Gasteiger partial charge in [0.25, 0.3) is 0 Å². The first-order valence-corrected chi connectivity index (χ1v) is 4.10. The molecule has 6 nitrogen and oxygen atoms in total. The molecule has 0 unspecified atom stereocenters. The van der Waals surface area contributed by atoms with Crippen molar-refractivity contribution < 1.29 is 17.2 Å². The van der Waals surface area contributed by atoms with Gasteiger partial charge in [0.1, 0.15) is 12.1 Å². The quantitative estimate of drug-likeness (QED) is 0.501. The fraction of sp³-hybridized carbons (Fsp3) is 1.00. The molecular weight excluding hydrogens is 174 g/mol. The minimum atomic E-state index is -4.50. The normalized spacial score (nSPS) is 13.0. The molecule has 0 aromatic rings. The minimum absolute atomic E-state index is 0.340. The number of nitrogens with zero attached hydrogens (tertiary/aromatic N) is 1. The van der Waals surface area contributed by atoms with Crippen molar-refractivity contribution in [2.75, 3.05) is 6.54 Å². The van der Waals surface area contributed by atoms with Crippen LogP contribution < -0.4 is 0 Å². The van der Waals surface area contributed by atoms with Crippen molar-refractivity contribution >= 4 is 10.4 Å². The summed E-state index contributed by atoms with van der Waals surface area (Å²) < 4.78 is 32.5. The van der Waals surface area contributed by atoms with Crippen LogP contribution in [0.15, 0.2) is 5.18 Å². The Morgan fingerprint density at radius 2 is 2.00 bits per heavy atom. The third kappa shape index (κ3) is 5.89. The van der Waals surface area contributed by atoms with E-state index in [0.717, 1.165) is 0 Å². The molecule has 0 saturated carbocycles. The molecule has 11 heavy (non-hydrogen) atoms. The van der Waals surface area contributed by atoms with Gasteiger partial charge in [0.2, 0.25) is 0 Å². The first-order valence-electron chi connectivity index (χ1n) is 2.74. The lowest BCUT2D eigenvalue weighted by Gasteiger charge is -2.17. The third-order valence-electron chi connectivity index (χ3n) is 0.776. The second kappa shape index (κ2) is 3.24. The molecule has 0 saturated heterocycles. The van der Waals surface area contributed by atoms with E-state index >= 15 is 0 Å². The molecule has 0 aliphatic carbocycles. The summed E-state index contributed by atoms with van der Waals surface area (Å²) in [6, 6.07) is 0. The van der Waals surface area contributed by atoms with Crippen LogP contribution in [-0.4, -0.2) is 25.1 Å². The highest BCUT2D eigenvalue weighted by molar-refractivity contribution is 7.80. The Balaban J connectivity index is 4.24. The lowest BCUT2D eigenvalue weighted by atomic mass is 10.1. The Morgan fingerprint density at radius 1 is 1.55 bits per heavy atom. The maximum Gasteiger partial charge on any atom is 0.397 e. The molecule has 66 valence electrons. The second-order valence-electron chi connectivity index (χ2n) is 2.56. The van der Waals surface area contributed by atoms with Crippen molar-refractivity contribution in [3.05, 3.63) is 4.91 Å². The van der Waals surface area contributed by atoms with E-state index in [1.807, 2.05) is 0 Å². The number of hydrogen-bond donors (Lipinski definition) is 1. The van der Waals surface area contributed by atoms with Crippen molar-refractivity contribution in [3.63, 3.8) is 0 Å². The van der Waals surface area contributed by atoms with Crippen molar-refractivity contribution in [2.45, 2.75) is 19.4 Å². The Morgan fingerprint density at radius 3 is 2.27 bits per heavy atom. The summed E-state index contributed by atoms with van der Waals surface area (Å²) in [4.78, 5) is 9.70. The summed E-state index contributed by atoms with van der Waals surface area (Å²) in [7, 11) is -4.50. The van der Waals surface area contributed by atoms with Gasteiger partial charge in [0.15, 0.2) is 0 Å². The zero-order valence-electron chi connectivity index (χ0n) is 6.14. The first kappa shape index (κ1) is 10.5. The Bertz CT molecular complexity index is 231. The first-order chi connectivity index (χ1) is 4.77. The van der Waals surface area contributed by atoms with Crippen molar-refractivity contribution in [1.82, 2.24) is 0 Å². The predicted molar refractivity (Wildman–Crippen MR) is 37.4 cm³/mol. The number of hydrogen-bond acceptors (Lipinski definition) is 5. The van der Waals surface area contributed by atoms with Crippen LogP contribution in [0.4, 0.5) is 0 Å². The molecule has 0 rings (SSSR count). The number of nitroso groups, excluding NO2 is 1. The molecule has 0 aromatic carbocycles. The average molecular weight is 183 g/mol. The smallest absolute Gasteiger partial charge is 0.264 e. The van der Waals surface area contributed by atoms with E-state index in [9.17, 15) is 13.3 Å². The van der Waals surface area contributed by atoms with Crippen LogP contribution in [0, 0.1) is 4.91 Å². The zero-order chi connectivity index (χ0) is 9.12. The lowest BCUT2D eigenvalue weighted by molar-refractivity contribution is 0.108. The second-order valence-corrected chi connectivity index (χ2v) is 3.58. The molecule has 0 atom stereocenters. The van der Waals surface area contributed by atoms with E-state index in [1.165, 1.54) is 13.8 Å². The molecule has 0 aliphatic rings. The van der Waals surface area contributed by atoms with Gasteiger partial charge in [0.05, 0.1) is 0 Å². The maximum absolute atomic E-state index is 10.1. The van der Waals surface area contributed by atoms with Gasteiger partial charge in [-0.05, 0) is 13.8 Å². The highest BCUT2D eigenvalue weighted by Gasteiger charge is 2.25. The molecule has 0 radical (unpaired) electrons. The monoisotopic (exact) mass is 183 g/mol. The fourth-order valence-electron chi connectivity index (χ4n) is 0.467. The minimum Gasteiger partial charge on any atom is -0.264 e. The van der Waals surface area contributed by atoms with E-state index < -0.39 is 16.0 Å². The van der Waals surface area contributed by atoms with E-state index in [0.29, 0.717) is 0 Å². The standard InChI is InChI=1S/C4H9NO5S/c1-4(2,3-5-6)10-11(7,8)9/h3H2,1-2H3,(H,7,8,9). The van der Waals surface area contributed by atoms with Crippen LogP contribution in [0.1, 0.15) is 13.8 Å². The molecule has 0 bridgehead atoms. The third-order valence-corrected chi connectivity index (χ3v) is 1.44. The zero-order valence-corrected chi connectivity index (χ0v) is 6.96. The van der Waals surface area contributed by atoms with Crippen molar-refractivity contribution in [3.8, 4) is 0 Å². The lowest BCUT2D eigenvalue weighted by Crippen LogP contribution is -2.30. The summed E-state index contributed by atoms with van der Waals surface area (Å²) in [5.74, 6) is 0. The van der Waals surface area contributed by atoms with Gasteiger partial charge in [-0.3, -0.25) is 4.55 Å². The highest BCUT2D eigenvalue weighted by atomic mass is 32.3. The largest absolute Gasteiger partial charge is 0.397 e. The molecule has 0 fully saturated rings. The van der Waals surface area contributed by atoms with Crippen molar-refractivity contribution in [2.24, 2.45) is 5.18 Å². The molecule has 0 aliphatic heterocycles. The molecule has 1 N–H and O–H groups in total. The van der Waals surface area contributed by atoms with E-state index in [4.69, 9.17) is 4.55 Å². The number of rotatable bonds is 4. The van der Waals surface area contributed by atoms with Gasteiger partial charge in [0, 0.05) is 0 Å². The Hall–Kier alpha value is -0.530. The fourth-order valence-corrected chi connectivity index (χ4v) is 1.09. The average Bonchev–Trinajstić information content (AvgIpc) is 1.55. The van der Waals surface area contributed by atoms with Gasteiger partial charge in [-0.1, -0.05) is 5.18 Å². The van der Waals surface area contributed by atoms with Crippen LogP contribution in [0.2, 0.25) is 0 Å². The van der Waals surface area contributed by atoms with Crippen LogP contribution in [0.3, 0.4) is 0 Å². The van der Waals surface area contributed by atoms with E-state index in [-0.39, 0.29) is 6.54 Å². The Labute approximate surface area is 64.5 Å². The molecule has 0 amide bonds. The van der Waals surface area contributed by atoms with Crippen molar-refractivity contribution in [1.29, 1.82) is 0 Å². The van der Waals surface area contributed by atoms with Gasteiger partial charge in [-0.15, -0.1) is 0 Å². The molecule has 7 heteroatoms. The molecular formula is C4H9NO5S. The van der Waals surface area contributed by atoms with Gasteiger partial charge in [-0.2, -0.15) is 13.3 Å². The summed E-state index contributed by atoms with van der Waals surface area (Å²) in [6.45, 7) is 2.30. The van der Waals surface area contributed by atoms with Gasteiger partial charge >= 0.3 is 10.4 Å².